The van der Waals surface area contributed by atoms with Crippen molar-refractivity contribution >= 4 is 0 Å². The van der Waals surface area contributed by atoms with Gasteiger partial charge < -0.3 is 4.98 Å². The van der Waals surface area contributed by atoms with Gasteiger partial charge in [0, 0.05) is 30.3 Å². The van der Waals surface area contributed by atoms with Crippen LogP contribution < -0.4 is 11.1 Å². The Bertz CT molecular complexity index is 670. The highest BCUT2D eigenvalue weighted by molar-refractivity contribution is 5.20. The summed E-state index contributed by atoms with van der Waals surface area (Å²) in [7, 11) is 0. The van der Waals surface area contributed by atoms with Gasteiger partial charge in [-0.1, -0.05) is 6.07 Å². The molecule has 0 atom stereocenters. The molecule has 2 heterocycles. The minimum Gasteiger partial charge on any atom is -0.326 e. The van der Waals surface area contributed by atoms with E-state index in [1.54, 1.807) is 18.2 Å². The van der Waals surface area contributed by atoms with Gasteiger partial charge >= 0.3 is 0 Å². The van der Waals surface area contributed by atoms with E-state index >= 15 is 0 Å². The van der Waals surface area contributed by atoms with Crippen molar-refractivity contribution in [1.82, 2.24) is 14.8 Å². The predicted molar refractivity (Wildman–Crippen MR) is 68.8 cm³/mol. The van der Waals surface area contributed by atoms with Gasteiger partial charge in [0.1, 0.15) is 0 Å². The minimum atomic E-state index is -0.158. The largest absolute Gasteiger partial charge is 0.326 e. The van der Waals surface area contributed by atoms with Crippen LogP contribution in [0.2, 0.25) is 0 Å². The summed E-state index contributed by atoms with van der Waals surface area (Å²) in [5.41, 5.74) is 1.91. The number of aromatic nitrogens is 3. The molecule has 2 rings (SSSR count). The van der Waals surface area contributed by atoms with Crippen LogP contribution in [0.4, 0.5) is 0 Å². The van der Waals surface area contributed by atoms with E-state index in [-0.39, 0.29) is 11.1 Å². The first kappa shape index (κ1) is 12.3. The van der Waals surface area contributed by atoms with E-state index in [0.29, 0.717) is 18.5 Å². The molecule has 0 aromatic carbocycles. The van der Waals surface area contributed by atoms with E-state index in [1.807, 2.05) is 13.8 Å². The third-order valence-corrected chi connectivity index (χ3v) is 2.68. The highest BCUT2D eigenvalue weighted by Gasteiger charge is 2.06. The molecule has 18 heavy (non-hydrogen) atoms. The molecule has 1 N–H and O–H groups in total. The molecule has 94 valence electrons. The van der Waals surface area contributed by atoms with E-state index in [1.165, 1.54) is 10.7 Å². The molecular formula is C13H15N3O2. The number of pyridine rings is 1. The highest BCUT2D eigenvalue weighted by Crippen LogP contribution is 2.02. The Morgan fingerprint density at radius 3 is 2.78 bits per heavy atom. The van der Waals surface area contributed by atoms with Gasteiger partial charge in [-0.2, -0.15) is 5.10 Å². The molecule has 0 unspecified atom stereocenters. The summed E-state index contributed by atoms with van der Waals surface area (Å²) in [5.74, 6) is 0. The normalized spacial score (nSPS) is 10.6. The summed E-state index contributed by atoms with van der Waals surface area (Å²) in [6, 6.07) is 6.69. The zero-order valence-corrected chi connectivity index (χ0v) is 10.4. The van der Waals surface area contributed by atoms with Gasteiger partial charge in [-0.25, -0.2) is 4.68 Å². The second-order valence-corrected chi connectivity index (χ2v) is 4.15. The van der Waals surface area contributed by atoms with Gasteiger partial charge in [0.05, 0.1) is 5.69 Å². The Labute approximate surface area is 104 Å². The maximum atomic E-state index is 12.0. The van der Waals surface area contributed by atoms with Crippen molar-refractivity contribution in [2.24, 2.45) is 0 Å². The SMILES string of the molecule is CCn1nc(C)cc(Cc2cccc(=O)[nH]2)c1=O. The second-order valence-electron chi connectivity index (χ2n) is 4.15. The lowest BCUT2D eigenvalue weighted by atomic mass is 10.1. The molecule has 5 nitrogen and oxygen atoms in total. The summed E-state index contributed by atoms with van der Waals surface area (Å²) >= 11 is 0. The monoisotopic (exact) mass is 245 g/mol. The first-order valence-electron chi connectivity index (χ1n) is 5.86. The van der Waals surface area contributed by atoms with Crippen molar-refractivity contribution in [2.45, 2.75) is 26.8 Å². The van der Waals surface area contributed by atoms with Crippen molar-refractivity contribution in [1.29, 1.82) is 0 Å². The van der Waals surface area contributed by atoms with Gasteiger partial charge in [-0.3, -0.25) is 9.59 Å². The Morgan fingerprint density at radius 2 is 2.11 bits per heavy atom. The minimum absolute atomic E-state index is 0.104. The second kappa shape index (κ2) is 5.00. The molecule has 0 saturated carbocycles. The van der Waals surface area contributed by atoms with Crippen LogP contribution in [0.5, 0.6) is 0 Å². The highest BCUT2D eigenvalue weighted by atomic mass is 16.1. The smallest absolute Gasteiger partial charge is 0.270 e. The van der Waals surface area contributed by atoms with Crippen molar-refractivity contribution in [3.63, 3.8) is 0 Å². The molecule has 5 heteroatoms. The van der Waals surface area contributed by atoms with Crippen LogP contribution in [0.3, 0.4) is 0 Å². The fraction of sp³-hybridized carbons (Fsp3) is 0.308. The van der Waals surface area contributed by atoms with Crippen LogP contribution in [0.1, 0.15) is 23.9 Å². The molecule has 0 aliphatic carbocycles. The van der Waals surface area contributed by atoms with Gasteiger partial charge in [0.25, 0.3) is 5.56 Å². The molecule has 2 aromatic heterocycles. The zero-order chi connectivity index (χ0) is 13.1. The Hall–Kier alpha value is -2.17. The first-order chi connectivity index (χ1) is 8.60. The summed E-state index contributed by atoms with van der Waals surface area (Å²) in [6.45, 7) is 4.27. The molecule has 0 aliphatic heterocycles. The molecule has 0 fully saturated rings. The van der Waals surface area contributed by atoms with Crippen LogP contribution in [-0.2, 0) is 13.0 Å². The van der Waals surface area contributed by atoms with E-state index in [2.05, 4.69) is 10.1 Å². The lowest BCUT2D eigenvalue weighted by Crippen LogP contribution is -2.26. The number of hydrogen-bond donors (Lipinski definition) is 1. The molecule has 0 spiro atoms. The summed E-state index contributed by atoms with van der Waals surface area (Å²) < 4.78 is 1.44. The Kier molecular flexibility index (Phi) is 3.41. The van der Waals surface area contributed by atoms with E-state index in [4.69, 9.17) is 0 Å². The maximum Gasteiger partial charge on any atom is 0.270 e. The third-order valence-electron chi connectivity index (χ3n) is 2.68. The Morgan fingerprint density at radius 1 is 1.33 bits per heavy atom. The van der Waals surface area contributed by atoms with Crippen LogP contribution in [0.25, 0.3) is 0 Å². The van der Waals surface area contributed by atoms with Crippen molar-refractivity contribution in [3.05, 3.63) is 61.9 Å². The predicted octanol–water partition coefficient (Wildman–Crippen LogP) is 0.851. The number of rotatable bonds is 3. The number of aryl methyl sites for hydroxylation is 2. The van der Waals surface area contributed by atoms with Crippen LogP contribution in [0.15, 0.2) is 33.9 Å². The third kappa shape index (κ3) is 2.56. The number of hydrogen-bond acceptors (Lipinski definition) is 3. The van der Waals surface area contributed by atoms with Gasteiger partial charge in [0.15, 0.2) is 0 Å². The van der Waals surface area contributed by atoms with Crippen molar-refractivity contribution in [3.8, 4) is 0 Å². The average molecular weight is 245 g/mol. The lowest BCUT2D eigenvalue weighted by Gasteiger charge is -2.06. The van der Waals surface area contributed by atoms with E-state index < -0.39 is 0 Å². The Balaban J connectivity index is 2.43. The fourth-order valence-electron chi connectivity index (χ4n) is 1.89. The molecule has 0 amide bonds. The topological polar surface area (TPSA) is 67.8 Å². The maximum absolute atomic E-state index is 12.0. The fourth-order valence-corrected chi connectivity index (χ4v) is 1.89. The number of nitrogens with zero attached hydrogens (tertiary/aromatic N) is 2. The van der Waals surface area contributed by atoms with Crippen LogP contribution in [-0.4, -0.2) is 14.8 Å². The first-order valence-corrected chi connectivity index (χ1v) is 5.86. The van der Waals surface area contributed by atoms with Crippen LogP contribution >= 0.6 is 0 Å². The van der Waals surface area contributed by atoms with Gasteiger partial charge in [-0.15, -0.1) is 0 Å². The van der Waals surface area contributed by atoms with Gasteiger partial charge in [-0.05, 0) is 26.0 Å². The molecule has 2 aromatic rings. The quantitative estimate of drug-likeness (QED) is 0.871. The zero-order valence-electron chi connectivity index (χ0n) is 10.4. The summed E-state index contributed by atoms with van der Waals surface area (Å²) in [5, 5.41) is 4.14. The standard InChI is InChI=1S/C13H15N3O2/c1-3-16-13(18)10(7-9(2)15-16)8-11-5-4-6-12(17)14-11/h4-7H,3,8H2,1-2H3,(H,14,17). The number of H-pyrrole nitrogens is 1. The molecular weight excluding hydrogens is 230 g/mol. The molecule has 0 radical (unpaired) electrons. The number of aromatic amines is 1. The average Bonchev–Trinajstić information content (AvgIpc) is 2.33. The summed E-state index contributed by atoms with van der Waals surface area (Å²) in [6.07, 6.45) is 0.415. The molecule has 0 bridgehead atoms. The molecule has 0 saturated heterocycles. The van der Waals surface area contributed by atoms with Crippen molar-refractivity contribution < 1.29 is 0 Å². The van der Waals surface area contributed by atoms with Crippen molar-refractivity contribution in [2.75, 3.05) is 0 Å². The number of nitrogens with one attached hydrogen (secondary N) is 1. The molecule has 0 aliphatic rings. The van der Waals surface area contributed by atoms with Crippen LogP contribution in [0, 0.1) is 6.92 Å². The van der Waals surface area contributed by atoms with E-state index in [0.717, 1.165) is 11.4 Å². The van der Waals surface area contributed by atoms with Gasteiger partial charge in [0.2, 0.25) is 5.56 Å². The van der Waals surface area contributed by atoms with E-state index in [9.17, 15) is 9.59 Å². The lowest BCUT2D eigenvalue weighted by molar-refractivity contribution is 0.598. The summed E-state index contributed by atoms with van der Waals surface area (Å²) in [4.78, 5) is 26.0.